The fraction of sp³-hybridized carbons (Fsp3) is 0.231. The van der Waals surface area contributed by atoms with Gasteiger partial charge in [-0.25, -0.2) is 9.97 Å². The van der Waals surface area contributed by atoms with Gasteiger partial charge in [-0.1, -0.05) is 29.8 Å². The van der Waals surface area contributed by atoms with Crippen molar-refractivity contribution in [3.63, 3.8) is 0 Å². The smallest absolute Gasteiger partial charge is 0.134 e. The Morgan fingerprint density at radius 3 is 2.78 bits per heavy atom. The van der Waals surface area contributed by atoms with E-state index in [2.05, 4.69) is 15.3 Å². The third-order valence-electron chi connectivity index (χ3n) is 2.46. The van der Waals surface area contributed by atoms with Gasteiger partial charge in [0.05, 0.1) is 7.11 Å². The number of nitrogens with one attached hydrogen (secondary N) is 1. The van der Waals surface area contributed by atoms with Crippen molar-refractivity contribution in [2.75, 3.05) is 12.4 Å². The molecule has 0 atom stereocenters. The molecule has 18 heavy (non-hydrogen) atoms. The molecule has 2 aromatic rings. The summed E-state index contributed by atoms with van der Waals surface area (Å²) in [5.41, 5.74) is 1.06. The Kier molecular flexibility index (Phi) is 3.99. The van der Waals surface area contributed by atoms with Gasteiger partial charge in [0.15, 0.2) is 0 Å². The van der Waals surface area contributed by atoms with Gasteiger partial charge >= 0.3 is 0 Å². The van der Waals surface area contributed by atoms with Crippen LogP contribution in [0.3, 0.4) is 0 Å². The van der Waals surface area contributed by atoms with E-state index in [-0.39, 0.29) is 0 Å². The van der Waals surface area contributed by atoms with Crippen LogP contribution in [-0.2, 0) is 6.54 Å². The van der Waals surface area contributed by atoms with E-state index in [0.29, 0.717) is 23.3 Å². The number of anilines is 1. The normalized spacial score (nSPS) is 10.2. The van der Waals surface area contributed by atoms with Gasteiger partial charge in [0.2, 0.25) is 0 Å². The van der Waals surface area contributed by atoms with Gasteiger partial charge in [0.1, 0.15) is 22.5 Å². The van der Waals surface area contributed by atoms with Crippen LogP contribution >= 0.6 is 11.6 Å². The van der Waals surface area contributed by atoms with Crippen LogP contribution in [0.4, 0.5) is 5.82 Å². The number of ether oxygens (including phenoxy) is 1. The lowest BCUT2D eigenvalue weighted by atomic mass is 10.2. The van der Waals surface area contributed by atoms with Gasteiger partial charge in [0, 0.05) is 18.2 Å². The summed E-state index contributed by atoms with van der Waals surface area (Å²) in [6.45, 7) is 2.43. The number of hydrogen-bond acceptors (Lipinski definition) is 4. The highest BCUT2D eigenvalue weighted by molar-refractivity contribution is 6.29. The van der Waals surface area contributed by atoms with E-state index in [1.165, 1.54) is 0 Å². The molecule has 1 heterocycles. The first kappa shape index (κ1) is 12.6. The van der Waals surface area contributed by atoms with Crippen LogP contribution in [-0.4, -0.2) is 17.1 Å². The average Bonchev–Trinajstić information content (AvgIpc) is 2.35. The van der Waals surface area contributed by atoms with E-state index in [9.17, 15) is 0 Å². The molecule has 0 radical (unpaired) electrons. The predicted octanol–water partition coefficient (Wildman–Crippen LogP) is 3.06. The van der Waals surface area contributed by atoms with Gasteiger partial charge in [-0.15, -0.1) is 0 Å². The first-order valence-corrected chi connectivity index (χ1v) is 5.94. The number of aryl methyl sites for hydroxylation is 1. The number of halogens is 1. The maximum atomic E-state index is 5.87. The summed E-state index contributed by atoms with van der Waals surface area (Å²) in [4.78, 5) is 8.27. The van der Waals surface area contributed by atoms with Gasteiger partial charge < -0.3 is 10.1 Å². The van der Waals surface area contributed by atoms with Gasteiger partial charge in [0.25, 0.3) is 0 Å². The number of aromatic nitrogens is 2. The standard InChI is InChI=1S/C13H14ClN3O/c1-9-16-12(14)7-13(17-9)15-8-10-5-3-4-6-11(10)18-2/h3-7H,8H2,1-2H3,(H,15,16,17). The van der Waals surface area contributed by atoms with Crippen LogP contribution < -0.4 is 10.1 Å². The second kappa shape index (κ2) is 5.69. The predicted molar refractivity (Wildman–Crippen MR) is 72.1 cm³/mol. The zero-order valence-electron chi connectivity index (χ0n) is 10.3. The second-order valence-corrected chi connectivity index (χ2v) is 4.18. The summed E-state index contributed by atoms with van der Waals surface area (Å²) in [7, 11) is 1.66. The Balaban J connectivity index is 2.11. The molecule has 4 nitrogen and oxygen atoms in total. The lowest BCUT2D eigenvalue weighted by molar-refractivity contribution is 0.410. The zero-order chi connectivity index (χ0) is 13.0. The number of rotatable bonds is 4. The Morgan fingerprint density at radius 1 is 1.28 bits per heavy atom. The van der Waals surface area contributed by atoms with Gasteiger partial charge in [-0.05, 0) is 13.0 Å². The van der Waals surface area contributed by atoms with Crippen molar-refractivity contribution in [2.45, 2.75) is 13.5 Å². The lowest BCUT2D eigenvalue weighted by Crippen LogP contribution is -2.04. The van der Waals surface area contributed by atoms with Crippen LogP contribution in [0, 0.1) is 6.92 Å². The molecule has 5 heteroatoms. The minimum Gasteiger partial charge on any atom is -0.496 e. The quantitative estimate of drug-likeness (QED) is 0.862. The fourth-order valence-corrected chi connectivity index (χ4v) is 1.88. The van der Waals surface area contributed by atoms with Crippen molar-refractivity contribution < 1.29 is 4.74 Å². The first-order valence-electron chi connectivity index (χ1n) is 5.56. The average molecular weight is 264 g/mol. The number of para-hydroxylation sites is 1. The maximum Gasteiger partial charge on any atom is 0.134 e. The maximum absolute atomic E-state index is 5.87. The summed E-state index contributed by atoms with van der Waals surface area (Å²) in [5, 5.41) is 3.64. The molecule has 94 valence electrons. The number of nitrogens with zero attached hydrogens (tertiary/aromatic N) is 2. The van der Waals surface area contributed by atoms with Crippen molar-refractivity contribution >= 4 is 17.4 Å². The minimum absolute atomic E-state index is 0.435. The minimum atomic E-state index is 0.435. The lowest BCUT2D eigenvalue weighted by Gasteiger charge is -2.10. The third kappa shape index (κ3) is 3.11. The molecule has 0 aliphatic heterocycles. The highest BCUT2D eigenvalue weighted by Crippen LogP contribution is 2.19. The second-order valence-electron chi connectivity index (χ2n) is 3.79. The van der Waals surface area contributed by atoms with E-state index in [0.717, 1.165) is 11.3 Å². The van der Waals surface area contributed by atoms with Crippen LogP contribution in [0.5, 0.6) is 5.75 Å². The van der Waals surface area contributed by atoms with Crippen molar-refractivity contribution in [1.82, 2.24) is 9.97 Å². The first-order chi connectivity index (χ1) is 8.69. The molecule has 0 saturated heterocycles. The molecule has 1 aromatic carbocycles. The van der Waals surface area contributed by atoms with Crippen molar-refractivity contribution in [2.24, 2.45) is 0 Å². The number of methoxy groups -OCH3 is 1. The molecule has 2 rings (SSSR count). The van der Waals surface area contributed by atoms with Crippen molar-refractivity contribution in [3.05, 3.63) is 46.9 Å². The van der Waals surface area contributed by atoms with Crippen molar-refractivity contribution in [1.29, 1.82) is 0 Å². The molecule has 0 aliphatic carbocycles. The monoisotopic (exact) mass is 263 g/mol. The molecule has 0 unspecified atom stereocenters. The van der Waals surface area contributed by atoms with Crippen LogP contribution in [0.2, 0.25) is 5.15 Å². The highest BCUT2D eigenvalue weighted by Gasteiger charge is 2.03. The Hall–Kier alpha value is -1.81. The topological polar surface area (TPSA) is 47.0 Å². The molecule has 0 spiro atoms. The molecule has 1 aromatic heterocycles. The molecular formula is C13H14ClN3O. The largest absolute Gasteiger partial charge is 0.496 e. The van der Waals surface area contributed by atoms with Crippen molar-refractivity contribution in [3.8, 4) is 5.75 Å². The molecule has 0 bridgehead atoms. The SMILES string of the molecule is COc1ccccc1CNc1cc(Cl)nc(C)n1. The van der Waals surface area contributed by atoms with E-state index in [4.69, 9.17) is 16.3 Å². The van der Waals surface area contributed by atoms with Gasteiger partial charge in [-0.2, -0.15) is 0 Å². The Bertz CT molecular complexity index is 525. The Morgan fingerprint density at radius 2 is 2.06 bits per heavy atom. The summed E-state index contributed by atoms with van der Waals surface area (Å²) in [5.74, 6) is 2.20. The third-order valence-corrected chi connectivity index (χ3v) is 2.65. The van der Waals surface area contributed by atoms with E-state index >= 15 is 0 Å². The van der Waals surface area contributed by atoms with Crippen LogP contribution in [0.25, 0.3) is 0 Å². The van der Waals surface area contributed by atoms with Crippen LogP contribution in [0.15, 0.2) is 30.3 Å². The summed E-state index contributed by atoms with van der Waals surface area (Å²) in [6, 6.07) is 9.53. The molecular weight excluding hydrogens is 250 g/mol. The summed E-state index contributed by atoms with van der Waals surface area (Å²) in [6.07, 6.45) is 0. The summed E-state index contributed by atoms with van der Waals surface area (Å²) < 4.78 is 5.28. The number of hydrogen-bond donors (Lipinski definition) is 1. The van der Waals surface area contributed by atoms with E-state index < -0.39 is 0 Å². The zero-order valence-corrected chi connectivity index (χ0v) is 11.0. The summed E-state index contributed by atoms with van der Waals surface area (Å²) >= 11 is 5.87. The van der Waals surface area contributed by atoms with E-state index in [1.807, 2.05) is 24.3 Å². The molecule has 0 amide bonds. The van der Waals surface area contributed by atoms with Gasteiger partial charge in [-0.3, -0.25) is 0 Å². The molecule has 0 saturated carbocycles. The number of benzene rings is 1. The Labute approximate surface area is 111 Å². The molecule has 0 fully saturated rings. The fourth-order valence-electron chi connectivity index (χ4n) is 1.66. The molecule has 1 N–H and O–H groups in total. The highest BCUT2D eigenvalue weighted by atomic mass is 35.5. The van der Waals surface area contributed by atoms with Crippen LogP contribution in [0.1, 0.15) is 11.4 Å². The molecule has 0 aliphatic rings. The van der Waals surface area contributed by atoms with E-state index in [1.54, 1.807) is 20.1 Å².